The van der Waals surface area contributed by atoms with E-state index in [4.69, 9.17) is 13.8 Å². The van der Waals surface area contributed by atoms with Crippen molar-refractivity contribution in [3.63, 3.8) is 0 Å². The molecule has 260 valence electrons. The third-order valence-electron chi connectivity index (χ3n) is 10.4. The number of nitrogens with one attached hydrogen (secondary N) is 3. The summed E-state index contributed by atoms with van der Waals surface area (Å²) >= 11 is 0. The second kappa shape index (κ2) is 13.2. The van der Waals surface area contributed by atoms with Crippen LogP contribution in [-0.4, -0.2) is 36.2 Å². The molecule has 0 bridgehead atoms. The van der Waals surface area contributed by atoms with Crippen molar-refractivity contribution in [2.45, 2.75) is 63.3 Å². The fourth-order valence-corrected chi connectivity index (χ4v) is 7.74. The molecular weight excluding hydrogens is 650 g/mol. The first kappa shape index (κ1) is 31.3. The second-order valence-electron chi connectivity index (χ2n) is 13.6. The van der Waals surface area contributed by atoms with Crippen LogP contribution < -0.4 is 20.9 Å². The first-order valence-corrected chi connectivity index (χ1v) is 17.8. The molecule has 6 heterocycles. The Kier molecular flexibility index (Phi) is 8.13. The lowest BCUT2D eigenvalue weighted by Gasteiger charge is -2.37. The Labute approximate surface area is 294 Å². The molecule has 1 unspecified atom stereocenters. The summed E-state index contributed by atoms with van der Waals surface area (Å²) in [6.07, 6.45) is 17.7. The first-order valence-electron chi connectivity index (χ1n) is 17.8. The Morgan fingerprint density at radius 1 is 0.804 bits per heavy atom. The quantitative estimate of drug-likeness (QED) is 0.169. The molecule has 0 spiro atoms. The summed E-state index contributed by atoms with van der Waals surface area (Å²) in [4.78, 5) is 18.4. The highest BCUT2D eigenvalue weighted by Gasteiger charge is 2.34. The highest BCUT2D eigenvalue weighted by atomic mass is 19.1. The lowest BCUT2D eigenvalue weighted by molar-refractivity contribution is 0.443. The highest BCUT2D eigenvalue weighted by molar-refractivity contribution is 6.13. The van der Waals surface area contributed by atoms with Crippen molar-refractivity contribution in [3.8, 4) is 0 Å². The molecule has 4 aliphatic heterocycles. The largest absolute Gasteiger partial charge is 0.446 e. The summed E-state index contributed by atoms with van der Waals surface area (Å²) < 4.78 is 40.3. The third-order valence-corrected chi connectivity index (χ3v) is 10.4. The predicted molar refractivity (Wildman–Crippen MR) is 196 cm³/mol. The molecule has 1 aliphatic carbocycles. The number of rotatable bonds is 8. The summed E-state index contributed by atoms with van der Waals surface area (Å²) in [5, 5.41) is 9.89. The van der Waals surface area contributed by atoms with E-state index in [2.05, 4.69) is 61.2 Å². The molecule has 51 heavy (non-hydrogen) atoms. The molecule has 10 nitrogen and oxygen atoms in total. The van der Waals surface area contributed by atoms with Crippen molar-refractivity contribution >= 4 is 52.8 Å². The van der Waals surface area contributed by atoms with Gasteiger partial charge in [0.1, 0.15) is 12.4 Å². The minimum absolute atomic E-state index is 0.0447. The fourth-order valence-electron chi connectivity index (χ4n) is 7.74. The third kappa shape index (κ3) is 6.08. The van der Waals surface area contributed by atoms with E-state index in [-0.39, 0.29) is 11.8 Å². The Morgan fingerprint density at radius 2 is 1.55 bits per heavy atom. The van der Waals surface area contributed by atoms with Gasteiger partial charge in [-0.05, 0) is 80.0 Å². The van der Waals surface area contributed by atoms with Crippen LogP contribution in [-0.2, 0) is 0 Å². The minimum Gasteiger partial charge on any atom is -0.446 e. The number of nitrogens with zero attached hydrogens (tertiary/aromatic N) is 5. The van der Waals surface area contributed by atoms with Crippen LogP contribution in [0.2, 0.25) is 0 Å². The molecule has 1 saturated carbocycles. The van der Waals surface area contributed by atoms with Crippen LogP contribution in [0.15, 0.2) is 103 Å². The van der Waals surface area contributed by atoms with Gasteiger partial charge in [0.25, 0.3) is 0 Å². The number of furan rings is 2. The van der Waals surface area contributed by atoms with E-state index in [1.807, 2.05) is 23.1 Å². The molecular formula is C39H38F2N8O2. The minimum atomic E-state index is -0.471. The van der Waals surface area contributed by atoms with Crippen LogP contribution in [0.4, 0.5) is 37.6 Å². The van der Waals surface area contributed by atoms with Gasteiger partial charge >= 0.3 is 0 Å². The van der Waals surface area contributed by atoms with Crippen molar-refractivity contribution in [3.05, 3.63) is 107 Å². The molecule has 3 N–H and O–H groups in total. The van der Waals surface area contributed by atoms with Crippen LogP contribution in [0.1, 0.15) is 80.0 Å². The van der Waals surface area contributed by atoms with E-state index in [9.17, 15) is 8.78 Å². The molecule has 1 saturated heterocycles. The Hall–Kier alpha value is -5.65. The molecule has 4 aromatic rings. The molecule has 0 radical (unpaired) electrons. The summed E-state index contributed by atoms with van der Waals surface area (Å²) in [5.41, 5.74) is 6.95. The lowest BCUT2D eigenvalue weighted by atomic mass is 9.83. The van der Waals surface area contributed by atoms with Crippen molar-refractivity contribution in [2.75, 3.05) is 28.6 Å². The average Bonchev–Trinajstić information content (AvgIpc) is 3.78. The van der Waals surface area contributed by atoms with Gasteiger partial charge in [-0.25, -0.2) is 28.7 Å². The number of piperidine rings is 1. The van der Waals surface area contributed by atoms with Gasteiger partial charge in [-0.2, -0.15) is 0 Å². The van der Waals surface area contributed by atoms with E-state index in [1.165, 1.54) is 62.2 Å². The Bertz CT molecular complexity index is 2120. The summed E-state index contributed by atoms with van der Waals surface area (Å²) in [5.74, 6) is 0.654. The maximum Gasteiger partial charge on any atom is 0.234 e. The SMILES string of the molecule is Fc1ccoc1Nc1cc(N2CCCCC2)ccc1C1=CC2=CC(c3ccc(C4CCCCC4)cc3Nc3occc3F)N=C3N=CN=C(N1)N23. The van der Waals surface area contributed by atoms with E-state index < -0.39 is 17.7 Å². The molecule has 2 fully saturated rings. The number of allylic oxidation sites excluding steroid dienone is 1. The van der Waals surface area contributed by atoms with Gasteiger partial charge < -0.3 is 29.7 Å². The second-order valence-corrected chi connectivity index (χ2v) is 13.6. The topological polar surface area (TPSA) is 106 Å². The van der Waals surface area contributed by atoms with Crippen molar-refractivity contribution in [1.82, 2.24) is 10.2 Å². The number of aliphatic imine (C=N–C) groups is 3. The predicted octanol–water partition coefficient (Wildman–Crippen LogP) is 9.31. The standard InChI is InChI=1S/C39H38F2N8O2/c40-30-13-17-50-36(30)44-32-19-25(24-7-3-1-4-8-24)9-11-28(32)34-21-27-22-35(47-39-43-23-42-38(46-34)49(27)39)29-12-10-26(48-15-5-2-6-16-48)20-33(29)45-37-31(41)14-18-51-37/h9-14,17-24,34,44-45H,1-8,15-16H2,(H,42,43,46,47). The monoisotopic (exact) mass is 688 g/mol. The van der Waals surface area contributed by atoms with Crippen molar-refractivity contribution < 1.29 is 17.6 Å². The summed E-state index contributed by atoms with van der Waals surface area (Å²) in [6.45, 7) is 1.95. The van der Waals surface area contributed by atoms with Gasteiger partial charge in [-0.15, -0.1) is 0 Å². The molecule has 9 rings (SSSR count). The molecule has 0 amide bonds. The van der Waals surface area contributed by atoms with E-state index in [0.717, 1.165) is 72.7 Å². The number of hydrogen-bond acceptors (Lipinski definition) is 10. The van der Waals surface area contributed by atoms with Gasteiger partial charge in [0.05, 0.1) is 29.6 Å². The summed E-state index contributed by atoms with van der Waals surface area (Å²) in [6, 6.07) is 14.7. The normalized spacial score (nSPS) is 20.2. The molecule has 2 aromatic heterocycles. The molecule has 2 aromatic carbocycles. The average molecular weight is 689 g/mol. The zero-order chi connectivity index (χ0) is 34.3. The number of guanidine groups is 2. The molecule has 5 aliphatic rings. The molecule has 12 heteroatoms. The maximum atomic E-state index is 14.7. The van der Waals surface area contributed by atoms with Gasteiger partial charge in [0.2, 0.25) is 23.7 Å². The first-order chi connectivity index (χ1) is 25.1. The smallest absolute Gasteiger partial charge is 0.234 e. The van der Waals surface area contributed by atoms with Gasteiger partial charge in [-0.1, -0.05) is 31.4 Å². The van der Waals surface area contributed by atoms with Crippen molar-refractivity contribution in [2.24, 2.45) is 15.0 Å². The maximum absolute atomic E-state index is 14.7. The zero-order valence-corrected chi connectivity index (χ0v) is 28.0. The number of halogens is 2. The van der Waals surface area contributed by atoms with Gasteiger partial charge in [0.15, 0.2) is 11.6 Å². The van der Waals surface area contributed by atoms with Gasteiger partial charge in [0, 0.05) is 47.7 Å². The van der Waals surface area contributed by atoms with Crippen LogP contribution in [0.5, 0.6) is 0 Å². The van der Waals surface area contributed by atoms with Gasteiger partial charge in [-0.3, -0.25) is 0 Å². The summed E-state index contributed by atoms with van der Waals surface area (Å²) in [7, 11) is 0. The Balaban J connectivity index is 1.12. The lowest BCUT2D eigenvalue weighted by Crippen LogP contribution is -2.48. The highest BCUT2D eigenvalue weighted by Crippen LogP contribution is 2.41. The van der Waals surface area contributed by atoms with Crippen molar-refractivity contribution in [1.29, 1.82) is 0 Å². The van der Waals surface area contributed by atoms with E-state index in [0.29, 0.717) is 23.5 Å². The van der Waals surface area contributed by atoms with Crippen LogP contribution in [0.3, 0.4) is 0 Å². The van der Waals surface area contributed by atoms with Crippen LogP contribution >= 0.6 is 0 Å². The number of anilines is 5. The number of benzene rings is 2. The number of hydrogen-bond donors (Lipinski definition) is 3. The molecule has 1 atom stereocenters. The van der Waals surface area contributed by atoms with E-state index in [1.54, 1.807) is 0 Å². The Morgan fingerprint density at radius 3 is 2.29 bits per heavy atom. The fraction of sp³-hybridized carbons (Fsp3) is 0.308. The van der Waals surface area contributed by atoms with Crippen LogP contribution in [0.25, 0.3) is 5.70 Å². The van der Waals surface area contributed by atoms with E-state index >= 15 is 0 Å². The van der Waals surface area contributed by atoms with Crippen LogP contribution in [0, 0.1) is 11.6 Å². The zero-order valence-electron chi connectivity index (χ0n) is 28.0.